The molecule has 2 heterocycles. The van der Waals surface area contributed by atoms with Crippen molar-refractivity contribution < 1.29 is 32.7 Å². The summed E-state index contributed by atoms with van der Waals surface area (Å²) in [6, 6.07) is 1.84. The largest absolute Gasteiger partial charge is 0.481 e. The number of amides is 1. The van der Waals surface area contributed by atoms with Crippen molar-refractivity contribution in [2.75, 3.05) is 12.4 Å². The lowest BCUT2D eigenvalue weighted by Gasteiger charge is -2.31. The highest BCUT2D eigenvalue weighted by molar-refractivity contribution is 7.89. The Labute approximate surface area is 175 Å². The second-order valence-corrected chi connectivity index (χ2v) is 9.78. The number of sulfonamides is 1. The molecule has 3 rings (SSSR count). The molecule has 0 radical (unpaired) electrons. The van der Waals surface area contributed by atoms with Crippen LogP contribution in [0.1, 0.15) is 38.4 Å². The van der Waals surface area contributed by atoms with Crippen LogP contribution in [-0.2, 0) is 19.6 Å². The molecule has 0 spiro atoms. The van der Waals surface area contributed by atoms with Crippen LogP contribution < -0.4 is 5.32 Å². The van der Waals surface area contributed by atoms with Gasteiger partial charge < -0.3 is 10.4 Å². The summed E-state index contributed by atoms with van der Waals surface area (Å²) in [7, 11) is -3.15. The van der Waals surface area contributed by atoms with Gasteiger partial charge >= 0.3 is 5.97 Å². The zero-order chi connectivity index (χ0) is 22.2. The lowest BCUT2D eigenvalue weighted by Crippen LogP contribution is -2.53. The summed E-state index contributed by atoms with van der Waals surface area (Å²) in [5.74, 6) is -3.30. The zero-order valence-corrected chi connectivity index (χ0v) is 17.5. The van der Waals surface area contributed by atoms with Gasteiger partial charge in [-0.25, -0.2) is 13.4 Å². The summed E-state index contributed by atoms with van der Waals surface area (Å²) in [6.07, 6.45) is 0.817. The topological polar surface area (TPSA) is 151 Å². The molecule has 0 aliphatic carbocycles. The number of carbonyl (C=O) groups excluding carboxylic acids is 3. The van der Waals surface area contributed by atoms with Gasteiger partial charge in [-0.1, -0.05) is 6.07 Å². The summed E-state index contributed by atoms with van der Waals surface area (Å²) >= 11 is 1.18. The number of aryl methyl sites for hydroxylation is 1. The van der Waals surface area contributed by atoms with Gasteiger partial charge in [0.05, 0.1) is 11.3 Å². The van der Waals surface area contributed by atoms with Gasteiger partial charge in [-0.3, -0.25) is 19.2 Å². The van der Waals surface area contributed by atoms with Crippen molar-refractivity contribution in [3.05, 3.63) is 40.4 Å². The third-order valence-electron chi connectivity index (χ3n) is 4.50. The number of benzene rings is 1. The fourth-order valence-corrected chi connectivity index (χ4v) is 5.12. The predicted molar refractivity (Wildman–Crippen MR) is 106 cm³/mol. The second kappa shape index (κ2) is 8.05. The number of hydrogen-bond acceptors (Lipinski definition) is 8. The molecule has 2 N–H and O–H groups in total. The molecule has 1 aromatic heterocycles. The highest BCUT2D eigenvalue weighted by Gasteiger charge is 2.45. The van der Waals surface area contributed by atoms with E-state index >= 15 is 0 Å². The third kappa shape index (κ3) is 4.01. The lowest BCUT2D eigenvalue weighted by atomic mass is 9.99. The van der Waals surface area contributed by atoms with Crippen molar-refractivity contribution in [1.29, 1.82) is 0 Å². The van der Waals surface area contributed by atoms with Crippen LogP contribution in [0, 0.1) is 6.92 Å². The Balaban J connectivity index is 1.94. The van der Waals surface area contributed by atoms with Gasteiger partial charge in [0.25, 0.3) is 5.91 Å². The Kier molecular flexibility index (Phi) is 5.83. The number of rotatable bonds is 6. The highest BCUT2D eigenvalue weighted by atomic mass is 32.2. The monoisotopic (exact) mass is 451 g/mol. The third-order valence-corrected chi connectivity index (χ3v) is 7.19. The van der Waals surface area contributed by atoms with Gasteiger partial charge in [0.2, 0.25) is 10.0 Å². The van der Waals surface area contributed by atoms with Crippen LogP contribution in [0.4, 0.5) is 5.13 Å². The lowest BCUT2D eigenvalue weighted by molar-refractivity contribution is -0.137. The number of likely N-dealkylation sites (N-methyl/N-ethyl adjacent to an activating group) is 1. The van der Waals surface area contributed by atoms with Gasteiger partial charge in [-0.05, 0) is 19.1 Å². The molecule has 30 heavy (non-hydrogen) atoms. The molecule has 1 aliphatic rings. The molecule has 158 valence electrons. The van der Waals surface area contributed by atoms with Gasteiger partial charge in [0.15, 0.2) is 22.7 Å². The fraction of sp³-hybridized carbons (Fsp3) is 0.278. The SMILES string of the molecule is Cc1cnc(NC(=O)C2C(=O)c3ccc(C(=O)CCC(=O)O)cc3S(=O)(=O)N2C)s1. The van der Waals surface area contributed by atoms with Gasteiger partial charge in [0, 0.05) is 35.7 Å². The Morgan fingerprint density at radius 2 is 1.97 bits per heavy atom. The smallest absolute Gasteiger partial charge is 0.303 e. The number of fused-ring (bicyclic) bond motifs is 1. The van der Waals surface area contributed by atoms with Crippen LogP contribution in [0.3, 0.4) is 0 Å². The minimum absolute atomic E-state index is 0.0269. The molecule has 1 aliphatic heterocycles. The van der Waals surface area contributed by atoms with Crippen molar-refractivity contribution in [3.63, 3.8) is 0 Å². The Morgan fingerprint density at radius 1 is 1.27 bits per heavy atom. The number of anilines is 1. The van der Waals surface area contributed by atoms with E-state index in [1.807, 2.05) is 0 Å². The van der Waals surface area contributed by atoms with E-state index < -0.39 is 50.8 Å². The fourth-order valence-electron chi connectivity index (χ4n) is 2.95. The molecule has 0 saturated heterocycles. The molecule has 10 nitrogen and oxygen atoms in total. The van der Waals surface area contributed by atoms with E-state index in [1.54, 1.807) is 6.92 Å². The molecule has 1 atom stereocenters. The summed E-state index contributed by atoms with van der Waals surface area (Å²) in [5.41, 5.74) is -0.237. The number of aliphatic carboxylic acids is 1. The van der Waals surface area contributed by atoms with E-state index in [4.69, 9.17) is 5.11 Å². The van der Waals surface area contributed by atoms with Crippen LogP contribution in [0.5, 0.6) is 0 Å². The Hall–Kier alpha value is -2.96. The van der Waals surface area contributed by atoms with Gasteiger partial charge in [-0.2, -0.15) is 4.31 Å². The van der Waals surface area contributed by atoms with E-state index in [0.29, 0.717) is 4.31 Å². The Morgan fingerprint density at radius 3 is 2.57 bits per heavy atom. The van der Waals surface area contributed by atoms with Gasteiger partial charge in [-0.15, -0.1) is 11.3 Å². The van der Waals surface area contributed by atoms with Crippen molar-refractivity contribution in [2.24, 2.45) is 0 Å². The number of aromatic nitrogens is 1. The number of nitrogens with zero attached hydrogens (tertiary/aromatic N) is 2. The first-order valence-corrected chi connectivity index (χ1v) is 10.9. The number of hydrogen-bond donors (Lipinski definition) is 2. The molecular weight excluding hydrogens is 434 g/mol. The van der Waals surface area contributed by atoms with E-state index in [2.05, 4.69) is 10.3 Å². The van der Waals surface area contributed by atoms with Crippen LogP contribution in [0.25, 0.3) is 0 Å². The number of nitrogens with one attached hydrogen (secondary N) is 1. The molecule has 1 aromatic carbocycles. The van der Waals surface area contributed by atoms with Crippen molar-refractivity contribution in [1.82, 2.24) is 9.29 Å². The highest BCUT2D eigenvalue weighted by Crippen LogP contribution is 2.31. The number of carboxylic acid groups (broad SMARTS) is 1. The van der Waals surface area contributed by atoms with E-state index in [0.717, 1.165) is 18.0 Å². The van der Waals surface area contributed by atoms with E-state index in [9.17, 15) is 27.6 Å². The number of Topliss-reactive ketones (excluding diaryl/α,β-unsaturated/α-hetero) is 2. The minimum atomic E-state index is -4.26. The van der Waals surface area contributed by atoms with Crippen LogP contribution in [0.15, 0.2) is 29.3 Å². The molecule has 1 unspecified atom stereocenters. The Bertz CT molecular complexity index is 1170. The predicted octanol–water partition coefficient (Wildman–Crippen LogP) is 1.32. The minimum Gasteiger partial charge on any atom is -0.481 e. The molecule has 1 amide bonds. The van der Waals surface area contributed by atoms with E-state index in [-0.39, 0.29) is 22.7 Å². The summed E-state index contributed by atoms with van der Waals surface area (Å²) in [5, 5.41) is 11.4. The summed E-state index contributed by atoms with van der Waals surface area (Å²) in [6.45, 7) is 1.78. The van der Waals surface area contributed by atoms with E-state index in [1.165, 1.54) is 29.7 Å². The van der Waals surface area contributed by atoms with Crippen molar-refractivity contribution >= 4 is 49.9 Å². The second-order valence-electron chi connectivity index (χ2n) is 6.58. The first kappa shape index (κ1) is 21.7. The average Bonchev–Trinajstić information content (AvgIpc) is 3.09. The number of carboxylic acids is 1. The molecule has 12 heteroatoms. The molecule has 0 fully saturated rings. The average molecular weight is 451 g/mol. The van der Waals surface area contributed by atoms with Crippen molar-refractivity contribution in [3.8, 4) is 0 Å². The van der Waals surface area contributed by atoms with Crippen LogP contribution in [-0.4, -0.2) is 59.3 Å². The van der Waals surface area contributed by atoms with Gasteiger partial charge in [0.1, 0.15) is 0 Å². The first-order chi connectivity index (χ1) is 14.0. The molecule has 0 bridgehead atoms. The summed E-state index contributed by atoms with van der Waals surface area (Å²) < 4.78 is 26.5. The number of ketones is 2. The maximum atomic E-state index is 12.9. The maximum absolute atomic E-state index is 12.9. The van der Waals surface area contributed by atoms with Crippen LogP contribution in [0.2, 0.25) is 0 Å². The molecule has 0 saturated carbocycles. The van der Waals surface area contributed by atoms with Crippen molar-refractivity contribution in [2.45, 2.75) is 30.7 Å². The number of carbonyl (C=O) groups is 4. The number of thiazole rings is 1. The quantitative estimate of drug-likeness (QED) is 0.493. The zero-order valence-electron chi connectivity index (χ0n) is 15.9. The van der Waals surface area contributed by atoms with Crippen LogP contribution >= 0.6 is 11.3 Å². The summed E-state index contributed by atoms with van der Waals surface area (Å²) in [4.78, 5) is 52.7. The first-order valence-electron chi connectivity index (χ1n) is 8.67. The molecule has 2 aromatic rings. The normalized spacial score (nSPS) is 17.9. The maximum Gasteiger partial charge on any atom is 0.303 e. The standard InChI is InChI=1S/C18H17N3O7S2/c1-9-8-19-18(29-9)20-17(26)15-16(25)11-4-3-10(12(22)5-6-14(23)24)7-13(11)30(27,28)21(15)2/h3-4,7-8,15H,5-6H2,1-2H3,(H,23,24)(H,19,20,26). The molecular formula is C18H17N3O7S2.